The van der Waals surface area contributed by atoms with Gasteiger partial charge < -0.3 is 4.74 Å². The van der Waals surface area contributed by atoms with Crippen molar-refractivity contribution in [1.82, 2.24) is 0 Å². The van der Waals surface area contributed by atoms with Crippen molar-refractivity contribution in [2.24, 2.45) is 5.92 Å². The standard InChI is InChI=1S/C28H46O2/c1-22(2)12-9-14-24(5)16-11-17-26(7)20-27(8)21-28(29)30-19-18-25(6)15-10-13-23(3)4/h12-13,16,18,20,27H,9-11,14-15,17,19,21H2,1-8H3/b24-16?,25-18+,26-20?. The molecule has 170 valence electrons. The second-order valence-corrected chi connectivity index (χ2v) is 9.16. The van der Waals surface area contributed by atoms with Crippen molar-refractivity contribution in [3.63, 3.8) is 0 Å². The Labute approximate surface area is 186 Å². The maximum atomic E-state index is 12.1. The molecule has 0 radical (unpaired) electrons. The van der Waals surface area contributed by atoms with Crippen molar-refractivity contribution in [2.75, 3.05) is 6.61 Å². The Morgan fingerprint density at radius 3 is 1.70 bits per heavy atom. The molecular weight excluding hydrogens is 368 g/mol. The third-order valence-electron chi connectivity index (χ3n) is 4.95. The Hall–Kier alpha value is -1.83. The van der Waals surface area contributed by atoms with E-state index < -0.39 is 0 Å². The van der Waals surface area contributed by atoms with Gasteiger partial charge in [-0.3, -0.25) is 4.79 Å². The van der Waals surface area contributed by atoms with Gasteiger partial charge in [-0.15, -0.1) is 0 Å². The molecule has 0 aliphatic carbocycles. The summed E-state index contributed by atoms with van der Waals surface area (Å²) in [4.78, 5) is 12.1. The Morgan fingerprint density at radius 2 is 1.17 bits per heavy atom. The normalized spacial score (nSPS) is 13.7. The van der Waals surface area contributed by atoms with Crippen LogP contribution >= 0.6 is 0 Å². The zero-order valence-electron chi connectivity index (χ0n) is 20.9. The highest BCUT2D eigenvalue weighted by atomic mass is 16.5. The van der Waals surface area contributed by atoms with Crippen molar-refractivity contribution in [3.8, 4) is 0 Å². The molecule has 0 aliphatic rings. The molecule has 0 N–H and O–H groups in total. The molecule has 0 fully saturated rings. The van der Waals surface area contributed by atoms with E-state index in [1.54, 1.807) is 0 Å². The zero-order valence-corrected chi connectivity index (χ0v) is 20.9. The van der Waals surface area contributed by atoms with Gasteiger partial charge in [-0.1, -0.05) is 59.1 Å². The smallest absolute Gasteiger partial charge is 0.306 e. The summed E-state index contributed by atoms with van der Waals surface area (Å²) in [6.45, 7) is 17.5. The number of carbonyl (C=O) groups is 1. The quantitative estimate of drug-likeness (QED) is 0.210. The van der Waals surface area contributed by atoms with Crippen LogP contribution in [0, 0.1) is 5.92 Å². The van der Waals surface area contributed by atoms with Crippen LogP contribution in [-0.2, 0) is 9.53 Å². The van der Waals surface area contributed by atoms with Gasteiger partial charge in [0, 0.05) is 0 Å². The molecule has 0 aromatic heterocycles. The predicted octanol–water partition coefficient (Wildman–Crippen LogP) is 8.67. The molecule has 1 atom stereocenters. The van der Waals surface area contributed by atoms with E-state index in [4.69, 9.17) is 4.74 Å². The van der Waals surface area contributed by atoms with Gasteiger partial charge in [0.15, 0.2) is 0 Å². The molecule has 0 saturated carbocycles. The van der Waals surface area contributed by atoms with E-state index in [2.05, 4.69) is 79.7 Å². The number of esters is 1. The van der Waals surface area contributed by atoms with E-state index in [1.807, 2.05) is 6.08 Å². The van der Waals surface area contributed by atoms with E-state index in [0.29, 0.717) is 13.0 Å². The number of rotatable bonds is 14. The summed E-state index contributed by atoms with van der Waals surface area (Å²) in [6.07, 6.45) is 18.0. The van der Waals surface area contributed by atoms with Crippen molar-refractivity contribution >= 4 is 5.97 Å². The number of hydrogen-bond acceptors (Lipinski definition) is 2. The number of carbonyl (C=O) groups excluding carboxylic acids is 1. The van der Waals surface area contributed by atoms with Crippen LogP contribution in [0.5, 0.6) is 0 Å². The van der Waals surface area contributed by atoms with Crippen molar-refractivity contribution in [3.05, 3.63) is 58.2 Å². The summed E-state index contributed by atoms with van der Waals surface area (Å²) in [7, 11) is 0. The topological polar surface area (TPSA) is 26.3 Å². The first-order valence-corrected chi connectivity index (χ1v) is 11.5. The lowest BCUT2D eigenvalue weighted by molar-refractivity contribution is -0.143. The summed E-state index contributed by atoms with van der Waals surface area (Å²) >= 11 is 0. The average Bonchev–Trinajstić information content (AvgIpc) is 2.60. The van der Waals surface area contributed by atoms with Gasteiger partial charge in [0.2, 0.25) is 0 Å². The molecule has 2 nitrogen and oxygen atoms in total. The maximum Gasteiger partial charge on any atom is 0.306 e. The molecule has 0 aromatic carbocycles. The minimum Gasteiger partial charge on any atom is -0.461 e. The Balaban J connectivity index is 4.19. The van der Waals surface area contributed by atoms with Crippen LogP contribution in [0.1, 0.15) is 100 Å². The van der Waals surface area contributed by atoms with Crippen LogP contribution in [0.15, 0.2) is 58.2 Å². The first kappa shape index (κ1) is 28.2. The van der Waals surface area contributed by atoms with Gasteiger partial charge in [0.1, 0.15) is 6.61 Å². The van der Waals surface area contributed by atoms with E-state index >= 15 is 0 Å². The molecular formula is C28H46O2. The number of hydrogen-bond donors (Lipinski definition) is 0. The van der Waals surface area contributed by atoms with Crippen LogP contribution in [0.3, 0.4) is 0 Å². The third-order valence-corrected chi connectivity index (χ3v) is 4.95. The molecule has 1 unspecified atom stereocenters. The van der Waals surface area contributed by atoms with Gasteiger partial charge >= 0.3 is 5.97 Å². The minimum absolute atomic E-state index is 0.116. The van der Waals surface area contributed by atoms with Gasteiger partial charge in [0.05, 0.1) is 6.42 Å². The third kappa shape index (κ3) is 18.2. The highest BCUT2D eigenvalue weighted by molar-refractivity contribution is 5.70. The van der Waals surface area contributed by atoms with Crippen LogP contribution in [0.4, 0.5) is 0 Å². The van der Waals surface area contributed by atoms with Crippen LogP contribution in [0.25, 0.3) is 0 Å². The first-order chi connectivity index (χ1) is 14.1. The molecule has 0 rings (SSSR count). The summed E-state index contributed by atoms with van der Waals surface area (Å²) in [6, 6.07) is 0. The second-order valence-electron chi connectivity index (χ2n) is 9.16. The summed E-state index contributed by atoms with van der Waals surface area (Å²) in [5.74, 6) is 0.0953. The van der Waals surface area contributed by atoms with Crippen molar-refractivity contribution in [1.29, 1.82) is 0 Å². The lowest BCUT2D eigenvalue weighted by Gasteiger charge is -2.09. The van der Waals surface area contributed by atoms with Crippen molar-refractivity contribution < 1.29 is 9.53 Å². The van der Waals surface area contributed by atoms with Crippen LogP contribution < -0.4 is 0 Å². The Bertz CT molecular complexity index is 648. The molecule has 0 spiro atoms. The van der Waals surface area contributed by atoms with Gasteiger partial charge in [0.25, 0.3) is 0 Å². The summed E-state index contributed by atoms with van der Waals surface area (Å²) in [5, 5.41) is 0. The lowest BCUT2D eigenvalue weighted by Crippen LogP contribution is -2.09. The molecule has 2 heteroatoms. The Kier molecular flexibility index (Phi) is 15.9. The molecule has 30 heavy (non-hydrogen) atoms. The lowest BCUT2D eigenvalue weighted by atomic mass is 10.0. The van der Waals surface area contributed by atoms with Gasteiger partial charge in [-0.05, 0) is 99.0 Å². The molecule has 0 saturated heterocycles. The number of ether oxygens (including phenoxy) is 1. The van der Waals surface area contributed by atoms with Crippen LogP contribution in [-0.4, -0.2) is 12.6 Å². The van der Waals surface area contributed by atoms with E-state index in [9.17, 15) is 4.79 Å². The molecule has 0 heterocycles. The molecule has 0 aromatic rings. The fourth-order valence-electron chi connectivity index (χ4n) is 3.15. The average molecular weight is 415 g/mol. The fraction of sp³-hybridized carbons (Fsp3) is 0.607. The first-order valence-electron chi connectivity index (χ1n) is 11.5. The molecule has 0 amide bonds. The SMILES string of the molecule is CC(C)=CCCC(C)=CCCC(C)=CC(C)CC(=O)OC/C=C(\C)CCC=C(C)C. The highest BCUT2D eigenvalue weighted by Gasteiger charge is 2.08. The number of allylic oxidation sites excluding steroid dienone is 9. The summed E-state index contributed by atoms with van der Waals surface area (Å²) in [5.41, 5.74) is 6.81. The predicted molar refractivity (Wildman–Crippen MR) is 133 cm³/mol. The van der Waals surface area contributed by atoms with Crippen LogP contribution in [0.2, 0.25) is 0 Å². The van der Waals surface area contributed by atoms with E-state index in [0.717, 1.165) is 38.5 Å². The minimum atomic E-state index is -0.116. The second kappa shape index (κ2) is 16.9. The monoisotopic (exact) mass is 414 g/mol. The highest BCUT2D eigenvalue weighted by Crippen LogP contribution is 2.15. The largest absolute Gasteiger partial charge is 0.461 e. The van der Waals surface area contributed by atoms with Gasteiger partial charge in [-0.2, -0.15) is 0 Å². The van der Waals surface area contributed by atoms with Crippen molar-refractivity contribution in [2.45, 2.75) is 100 Å². The summed E-state index contributed by atoms with van der Waals surface area (Å²) < 4.78 is 5.39. The molecule has 0 bridgehead atoms. The fourth-order valence-corrected chi connectivity index (χ4v) is 3.15. The maximum absolute atomic E-state index is 12.1. The van der Waals surface area contributed by atoms with E-state index in [-0.39, 0.29) is 11.9 Å². The molecule has 0 aliphatic heterocycles. The Morgan fingerprint density at radius 1 is 0.700 bits per heavy atom. The van der Waals surface area contributed by atoms with Gasteiger partial charge in [-0.25, -0.2) is 0 Å². The zero-order chi connectivity index (χ0) is 22.9. The van der Waals surface area contributed by atoms with E-state index in [1.165, 1.54) is 27.9 Å².